The van der Waals surface area contributed by atoms with Crippen LogP contribution in [0.4, 0.5) is 0 Å². The summed E-state index contributed by atoms with van der Waals surface area (Å²) in [7, 11) is 0. The largest absolute Gasteiger partial charge is 0.508 e. The predicted octanol–water partition coefficient (Wildman–Crippen LogP) is 3.84. The Labute approximate surface area is 151 Å². The van der Waals surface area contributed by atoms with Gasteiger partial charge in [-0.3, -0.25) is 10.00 Å². The van der Waals surface area contributed by atoms with Gasteiger partial charge in [-0.1, -0.05) is 23.2 Å². The number of aromatic nitrogens is 2. The van der Waals surface area contributed by atoms with Crippen LogP contribution in [0.25, 0.3) is 0 Å². The lowest BCUT2D eigenvalue weighted by molar-refractivity contribution is 0.213. The summed E-state index contributed by atoms with van der Waals surface area (Å²) in [6.07, 6.45) is 7.41. The molecule has 0 amide bonds. The molecular formula is C18H21Cl2N3O. The second-order valence-electron chi connectivity index (χ2n) is 7.01. The summed E-state index contributed by atoms with van der Waals surface area (Å²) in [4.78, 5) is 2.61. The molecule has 0 saturated carbocycles. The summed E-state index contributed by atoms with van der Waals surface area (Å²) >= 11 is 12.5. The molecule has 1 aliphatic carbocycles. The Morgan fingerprint density at radius 2 is 2.04 bits per heavy atom. The average molecular weight is 366 g/mol. The van der Waals surface area contributed by atoms with Crippen LogP contribution in [0.5, 0.6) is 5.75 Å². The highest BCUT2D eigenvalue weighted by molar-refractivity contribution is 6.36. The number of likely N-dealkylation sites (tertiary alicyclic amines) is 1. The predicted molar refractivity (Wildman–Crippen MR) is 95.9 cm³/mol. The van der Waals surface area contributed by atoms with Gasteiger partial charge in [0.1, 0.15) is 5.75 Å². The van der Waals surface area contributed by atoms with Gasteiger partial charge in [-0.2, -0.15) is 5.10 Å². The maximum absolute atomic E-state index is 9.57. The van der Waals surface area contributed by atoms with Crippen LogP contribution in [-0.4, -0.2) is 39.3 Å². The molecule has 0 spiro atoms. The number of hydrogen-bond acceptors (Lipinski definition) is 3. The molecule has 2 aliphatic rings. The number of phenols is 1. The van der Waals surface area contributed by atoms with E-state index in [1.807, 2.05) is 6.20 Å². The lowest BCUT2D eigenvalue weighted by Crippen LogP contribution is -2.37. The second kappa shape index (κ2) is 6.58. The molecule has 0 radical (unpaired) electrons. The van der Waals surface area contributed by atoms with Gasteiger partial charge in [-0.05, 0) is 67.8 Å². The molecule has 1 aromatic heterocycles. The molecule has 0 bridgehead atoms. The molecule has 2 N–H and O–H groups in total. The Kier molecular flexibility index (Phi) is 4.46. The van der Waals surface area contributed by atoms with Gasteiger partial charge in [0, 0.05) is 28.3 Å². The highest BCUT2D eigenvalue weighted by Crippen LogP contribution is 2.34. The zero-order valence-electron chi connectivity index (χ0n) is 13.4. The second-order valence-corrected chi connectivity index (χ2v) is 7.83. The maximum atomic E-state index is 9.57. The summed E-state index contributed by atoms with van der Waals surface area (Å²) in [6.45, 7) is 2.22. The first-order chi connectivity index (χ1) is 11.6. The van der Waals surface area contributed by atoms with Gasteiger partial charge in [0.25, 0.3) is 0 Å². The van der Waals surface area contributed by atoms with Crippen LogP contribution in [0.15, 0.2) is 18.3 Å². The molecule has 2 atom stereocenters. The van der Waals surface area contributed by atoms with Crippen LogP contribution in [0, 0.1) is 5.92 Å². The number of hydrogen-bond donors (Lipinski definition) is 2. The Balaban J connectivity index is 1.41. The number of H-pyrrole nitrogens is 1. The van der Waals surface area contributed by atoms with Crippen molar-refractivity contribution in [2.24, 2.45) is 5.92 Å². The third-order valence-corrected chi connectivity index (χ3v) is 6.12. The van der Waals surface area contributed by atoms with Crippen molar-refractivity contribution in [2.45, 2.75) is 38.1 Å². The highest BCUT2D eigenvalue weighted by Gasteiger charge is 2.31. The Hall–Kier alpha value is -1.23. The van der Waals surface area contributed by atoms with Crippen LogP contribution < -0.4 is 0 Å². The fourth-order valence-electron chi connectivity index (χ4n) is 4.14. The van der Waals surface area contributed by atoms with E-state index in [1.165, 1.54) is 24.1 Å². The SMILES string of the molecule is Oc1cc(Cl)c(C[C@@H]2CCN([C@@H]3CCc4[nH]ncc4C3)C2)c(Cl)c1. The van der Waals surface area contributed by atoms with Crippen molar-refractivity contribution in [3.8, 4) is 5.75 Å². The third kappa shape index (κ3) is 3.15. The molecule has 2 aromatic rings. The molecule has 4 rings (SSSR count). The van der Waals surface area contributed by atoms with Crippen molar-refractivity contribution in [1.29, 1.82) is 0 Å². The standard InChI is InChI=1S/C18H21Cl2N3O/c19-16-7-14(24)8-17(20)15(16)5-11-3-4-23(10-11)13-1-2-18-12(6-13)9-21-22-18/h7-9,11,13,24H,1-6,10H2,(H,21,22)/t11-,13+/m0/s1. The summed E-state index contributed by atoms with van der Waals surface area (Å²) in [5.41, 5.74) is 3.65. The van der Waals surface area contributed by atoms with Crippen LogP contribution in [-0.2, 0) is 19.3 Å². The van der Waals surface area contributed by atoms with Crippen molar-refractivity contribution >= 4 is 23.2 Å². The van der Waals surface area contributed by atoms with E-state index in [1.54, 1.807) is 12.1 Å². The van der Waals surface area contributed by atoms with Crippen LogP contribution in [0.3, 0.4) is 0 Å². The van der Waals surface area contributed by atoms with E-state index in [0.29, 0.717) is 22.0 Å². The smallest absolute Gasteiger partial charge is 0.118 e. The number of rotatable bonds is 3. The molecule has 2 heterocycles. The normalized spacial score (nSPS) is 24.2. The average Bonchev–Trinajstić information content (AvgIpc) is 3.19. The van der Waals surface area contributed by atoms with Crippen LogP contribution >= 0.6 is 23.2 Å². The Morgan fingerprint density at radius 1 is 1.25 bits per heavy atom. The summed E-state index contributed by atoms with van der Waals surface area (Å²) < 4.78 is 0. The molecule has 0 unspecified atom stereocenters. The van der Waals surface area contributed by atoms with Gasteiger partial charge in [0.15, 0.2) is 0 Å². The topological polar surface area (TPSA) is 52.1 Å². The van der Waals surface area contributed by atoms with E-state index in [-0.39, 0.29) is 5.75 Å². The summed E-state index contributed by atoms with van der Waals surface area (Å²) in [5, 5.41) is 18.0. The number of aromatic amines is 1. The molecule has 128 valence electrons. The van der Waals surface area contributed by atoms with Crippen LogP contribution in [0.1, 0.15) is 29.7 Å². The monoisotopic (exact) mass is 365 g/mol. The van der Waals surface area contributed by atoms with Crippen molar-refractivity contribution in [3.63, 3.8) is 0 Å². The minimum atomic E-state index is 0.125. The number of halogens is 2. The quantitative estimate of drug-likeness (QED) is 0.868. The third-order valence-electron chi connectivity index (χ3n) is 5.44. The molecule has 1 aliphatic heterocycles. The number of benzene rings is 1. The van der Waals surface area contributed by atoms with Gasteiger partial charge in [0.05, 0.1) is 6.20 Å². The first-order valence-electron chi connectivity index (χ1n) is 8.52. The maximum Gasteiger partial charge on any atom is 0.118 e. The lowest BCUT2D eigenvalue weighted by Gasteiger charge is -2.31. The van der Waals surface area contributed by atoms with Gasteiger partial charge in [-0.15, -0.1) is 0 Å². The lowest BCUT2D eigenvalue weighted by atomic mass is 9.92. The number of phenolic OH excluding ortho intramolecular Hbond substituents is 1. The van der Waals surface area contributed by atoms with E-state index < -0.39 is 0 Å². The number of nitrogens with zero attached hydrogens (tertiary/aromatic N) is 2. The number of aromatic hydroxyl groups is 1. The Morgan fingerprint density at radius 3 is 2.83 bits per heavy atom. The van der Waals surface area contributed by atoms with Gasteiger partial charge in [-0.25, -0.2) is 0 Å². The van der Waals surface area contributed by atoms with Crippen molar-refractivity contribution < 1.29 is 5.11 Å². The summed E-state index contributed by atoms with van der Waals surface area (Å²) in [6, 6.07) is 3.78. The zero-order valence-corrected chi connectivity index (χ0v) is 14.9. The van der Waals surface area contributed by atoms with Gasteiger partial charge in [0.2, 0.25) is 0 Å². The van der Waals surface area contributed by atoms with E-state index in [0.717, 1.165) is 37.9 Å². The fourth-order valence-corrected chi connectivity index (χ4v) is 4.77. The highest BCUT2D eigenvalue weighted by atomic mass is 35.5. The molecule has 1 saturated heterocycles. The van der Waals surface area contributed by atoms with E-state index in [9.17, 15) is 5.11 Å². The van der Waals surface area contributed by atoms with E-state index >= 15 is 0 Å². The Bertz CT molecular complexity index is 723. The minimum Gasteiger partial charge on any atom is -0.508 e. The zero-order chi connectivity index (χ0) is 16.7. The van der Waals surface area contributed by atoms with Gasteiger partial charge < -0.3 is 5.11 Å². The van der Waals surface area contributed by atoms with Crippen LogP contribution in [0.2, 0.25) is 10.0 Å². The molecule has 6 heteroatoms. The van der Waals surface area contributed by atoms with Crippen molar-refractivity contribution in [3.05, 3.63) is 45.2 Å². The molecule has 4 nitrogen and oxygen atoms in total. The number of aryl methyl sites for hydroxylation is 1. The van der Waals surface area contributed by atoms with E-state index in [4.69, 9.17) is 23.2 Å². The minimum absolute atomic E-state index is 0.125. The molecule has 24 heavy (non-hydrogen) atoms. The van der Waals surface area contributed by atoms with Gasteiger partial charge >= 0.3 is 0 Å². The van der Waals surface area contributed by atoms with E-state index in [2.05, 4.69) is 15.1 Å². The fraction of sp³-hybridized carbons (Fsp3) is 0.500. The molecule has 1 aromatic carbocycles. The number of fused-ring (bicyclic) bond motifs is 1. The first-order valence-corrected chi connectivity index (χ1v) is 9.28. The first kappa shape index (κ1) is 16.2. The van der Waals surface area contributed by atoms with Crippen molar-refractivity contribution in [1.82, 2.24) is 15.1 Å². The molecule has 1 fully saturated rings. The summed E-state index contributed by atoms with van der Waals surface area (Å²) in [5.74, 6) is 0.690. The van der Waals surface area contributed by atoms with Crippen molar-refractivity contribution in [2.75, 3.05) is 13.1 Å². The number of nitrogens with one attached hydrogen (secondary N) is 1. The molecular weight excluding hydrogens is 345 g/mol.